The summed E-state index contributed by atoms with van der Waals surface area (Å²) in [6.45, 7) is 1.96. The van der Waals surface area contributed by atoms with Crippen molar-refractivity contribution in [1.29, 1.82) is 0 Å². The lowest BCUT2D eigenvalue weighted by molar-refractivity contribution is 0.151. The van der Waals surface area contributed by atoms with Crippen LogP contribution in [0.1, 0.15) is 29.7 Å². The number of benzene rings is 1. The first-order chi connectivity index (χ1) is 12.3. The van der Waals surface area contributed by atoms with Crippen molar-refractivity contribution >= 4 is 10.9 Å². The van der Waals surface area contributed by atoms with Crippen LogP contribution in [-0.2, 0) is 25.9 Å². The van der Waals surface area contributed by atoms with Crippen LogP contribution in [0.4, 0.5) is 0 Å². The summed E-state index contributed by atoms with van der Waals surface area (Å²) in [6.07, 6.45) is 8.04. The van der Waals surface area contributed by atoms with Crippen molar-refractivity contribution in [2.45, 2.75) is 44.9 Å². The first kappa shape index (κ1) is 16.3. The summed E-state index contributed by atoms with van der Waals surface area (Å²) in [5.41, 5.74) is 5.33. The minimum Gasteiger partial charge on any atom is -0.390 e. The topological polar surface area (TPSA) is 50.1 Å². The predicted octanol–water partition coefficient (Wildman–Crippen LogP) is 3.07. The van der Waals surface area contributed by atoms with Gasteiger partial charge in [0.15, 0.2) is 0 Å². The standard InChI is InChI=1S/C21H25N3O/c25-17(14-23-13-16-6-5-11-22-12-16)15-24-20-9-3-1-7-18(20)19-8-2-4-10-21(19)24/h1,3,5-7,9,11-12,17,23,25H,2,4,8,10,13-15H2. The summed E-state index contributed by atoms with van der Waals surface area (Å²) in [4.78, 5) is 4.12. The number of aliphatic hydroxyl groups excluding tert-OH is 1. The molecule has 0 aliphatic heterocycles. The van der Waals surface area contributed by atoms with Gasteiger partial charge in [-0.2, -0.15) is 0 Å². The van der Waals surface area contributed by atoms with Crippen LogP contribution in [0.25, 0.3) is 10.9 Å². The van der Waals surface area contributed by atoms with Crippen molar-refractivity contribution in [3.05, 3.63) is 65.6 Å². The highest BCUT2D eigenvalue weighted by Crippen LogP contribution is 2.32. The minimum atomic E-state index is -0.404. The van der Waals surface area contributed by atoms with Crippen LogP contribution in [0.5, 0.6) is 0 Å². The summed E-state index contributed by atoms with van der Waals surface area (Å²) in [5.74, 6) is 0. The quantitative estimate of drug-likeness (QED) is 0.728. The van der Waals surface area contributed by atoms with Crippen LogP contribution in [0.2, 0.25) is 0 Å². The molecule has 1 aliphatic carbocycles. The van der Waals surface area contributed by atoms with E-state index in [1.165, 1.54) is 35.0 Å². The number of aromatic nitrogens is 2. The SMILES string of the molecule is OC(CNCc1cccnc1)Cn1c2c(c3ccccc31)CCCC2. The van der Waals surface area contributed by atoms with Gasteiger partial charge in [-0.3, -0.25) is 4.98 Å². The van der Waals surface area contributed by atoms with E-state index in [9.17, 15) is 5.11 Å². The first-order valence-electron chi connectivity index (χ1n) is 9.19. The van der Waals surface area contributed by atoms with E-state index >= 15 is 0 Å². The van der Waals surface area contributed by atoms with Gasteiger partial charge in [-0.05, 0) is 48.9 Å². The summed E-state index contributed by atoms with van der Waals surface area (Å²) in [5, 5.41) is 15.3. The van der Waals surface area contributed by atoms with Crippen molar-refractivity contribution in [3.8, 4) is 0 Å². The van der Waals surface area contributed by atoms with Crippen LogP contribution in [0, 0.1) is 0 Å². The van der Waals surface area contributed by atoms with Crippen molar-refractivity contribution in [2.75, 3.05) is 6.54 Å². The van der Waals surface area contributed by atoms with Crippen LogP contribution in [0.15, 0.2) is 48.8 Å². The second-order valence-corrected chi connectivity index (χ2v) is 6.91. The molecule has 25 heavy (non-hydrogen) atoms. The number of aliphatic hydroxyl groups is 1. The normalized spacial score (nSPS) is 15.2. The molecule has 1 aliphatic rings. The van der Waals surface area contributed by atoms with Crippen molar-refractivity contribution in [2.24, 2.45) is 0 Å². The third kappa shape index (κ3) is 3.46. The zero-order valence-electron chi connectivity index (χ0n) is 14.5. The Morgan fingerprint density at radius 1 is 1.12 bits per heavy atom. The van der Waals surface area contributed by atoms with E-state index in [2.05, 4.69) is 39.1 Å². The van der Waals surface area contributed by atoms with Gasteiger partial charge in [0, 0.05) is 42.1 Å². The summed E-state index contributed by atoms with van der Waals surface area (Å²) in [6, 6.07) is 12.6. The van der Waals surface area contributed by atoms with Gasteiger partial charge in [0.2, 0.25) is 0 Å². The van der Waals surface area contributed by atoms with Crippen LogP contribution in [0.3, 0.4) is 0 Å². The van der Waals surface area contributed by atoms with Gasteiger partial charge in [-0.15, -0.1) is 0 Å². The third-order valence-electron chi connectivity index (χ3n) is 5.11. The Hall–Kier alpha value is -2.17. The molecule has 1 aromatic carbocycles. The van der Waals surface area contributed by atoms with Crippen LogP contribution < -0.4 is 5.32 Å². The fourth-order valence-corrected chi connectivity index (χ4v) is 3.96. The molecule has 4 rings (SSSR count). The van der Waals surface area contributed by atoms with Crippen molar-refractivity contribution < 1.29 is 5.11 Å². The number of rotatable bonds is 6. The molecule has 0 fully saturated rings. The number of nitrogens with one attached hydrogen (secondary N) is 1. The fourth-order valence-electron chi connectivity index (χ4n) is 3.96. The third-order valence-corrected chi connectivity index (χ3v) is 5.11. The Labute approximate surface area is 148 Å². The predicted molar refractivity (Wildman–Crippen MR) is 101 cm³/mol. The Morgan fingerprint density at radius 2 is 2.00 bits per heavy atom. The molecule has 0 amide bonds. The zero-order valence-corrected chi connectivity index (χ0v) is 14.5. The molecule has 130 valence electrons. The first-order valence-corrected chi connectivity index (χ1v) is 9.19. The number of fused-ring (bicyclic) bond motifs is 3. The molecule has 0 bridgehead atoms. The van der Waals surface area contributed by atoms with E-state index in [4.69, 9.17) is 0 Å². The van der Waals surface area contributed by atoms with Gasteiger partial charge in [0.25, 0.3) is 0 Å². The van der Waals surface area contributed by atoms with E-state index in [1.54, 1.807) is 6.20 Å². The van der Waals surface area contributed by atoms with Gasteiger partial charge >= 0.3 is 0 Å². The molecule has 0 saturated carbocycles. The maximum atomic E-state index is 10.6. The van der Waals surface area contributed by atoms with Crippen LogP contribution >= 0.6 is 0 Å². The molecule has 0 saturated heterocycles. The smallest absolute Gasteiger partial charge is 0.0843 e. The lowest BCUT2D eigenvalue weighted by Gasteiger charge is -2.19. The highest BCUT2D eigenvalue weighted by Gasteiger charge is 2.20. The highest BCUT2D eigenvalue weighted by molar-refractivity contribution is 5.85. The number of para-hydroxylation sites is 1. The average Bonchev–Trinajstić information content (AvgIpc) is 2.97. The maximum Gasteiger partial charge on any atom is 0.0843 e. The van der Waals surface area contributed by atoms with Crippen molar-refractivity contribution in [1.82, 2.24) is 14.9 Å². The Bertz CT molecular complexity index is 841. The molecular weight excluding hydrogens is 310 g/mol. The average molecular weight is 335 g/mol. The molecule has 4 nitrogen and oxygen atoms in total. The molecule has 1 atom stereocenters. The van der Waals surface area contributed by atoms with Gasteiger partial charge in [0.1, 0.15) is 0 Å². The molecule has 2 heterocycles. The van der Waals surface area contributed by atoms with E-state index < -0.39 is 6.10 Å². The van der Waals surface area contributed by atoms with Gasteiger partial charge in [-0.1, -0.05) is 24.3 Å². The minimum absolute atomic E-state index is 0.404. The molecule has 1 unspecified atom stereocenters. The van der Waals surface area contributed by atoms with E-state index in [-0.39, 0.29) is 0 Å². The number of hydrogen-bond acceptors (Lipinski definition) is 3. The number of aryl methyl sites for hydroxylation is 1. The second-order valence-electron chi connectivity index (χ2n) is 6.91. The number of hydrogen-bond donors (Lipinski definition) is 2. The summed E-state index contributed by atoms with van der Waals surface area (Å²) < 4.78 is 2.35. The monoisotopic (exact) mass is 335 g/mol. The molecule has 2 aromatic heterocycles. The van der Waals surface area contributed by atoms with E-state index in [0.717, 1.165) is 24.9 Å². The Balaban J connectivity index is 1.47. The molecule has 3 aromatic rings. The number of nitrogens with zero attached hydrogens (tertiary/aromatic N) is 2. The lowest BCUT2D eigenvalue weighted by atomic mass is 9.95. The second kappa shape index (κ2) is 7.38. The fraction of sp³-hybridized carbons (Fsp3) is 0.381. The summed E-state index contributed by atoms with van der Waals surface area (Å²) >= 11 is 0. The molecule has 0 radical (unpaired) electrons. The van der Waals surface area contributed by atoms with E-state index in [1.807, 2.05) is 18.3 Å². The number of pyridine rings is 1. The molecule has 0 spiro atoms. The molecule has 4 heteroatoms. The Kier molecular flexibility index (Phi) is 4.81. The zero-order chi connectivity index (χ0) is 17.1. The van der Waals surface area contributed by atoms with E-state index in [0.29, 0.717) is 13.1 Å². The molecular formula is C21H25N3O. The van der Waals surface area contributed by atoms with Crippen molar-refractivity contribution in [3.63, 3.8) is 0 Å². The largest absolute Gasteiger partial charge is 0.390 e. The lowest BCUT2D eigenvalue weighted by Crippen LogP contribution is -2.30. The van der Waals surface area contributed by atoms with Gasteiger partial charge in [-0.25, -0.2) is 0 Å². The van der Waals surface area contributed by atoms with Crippen LogP contribution in [-0.4, -0.2) is 27.3 Å². The summed E-state index contributed by atoms with van der Waals surface area (Å²) in [7, 11) is 0. The maximum absolute atomic E-state index is 10.6. The van der Waals surface area contributed by atoms with Gasteiger partial charge < -0.3 is 15.0 Å². The highest BCUT2D eigenvalue weighted by atomic mass is 16.3. The molecule has 2 N–H and O–H groups in total. The Morgan fingerprint density at radius 3 is 2.88 bits per heavy atom. The van der Waals surface area contributed by atoms with Gasteiger partial charge in [0.05, 0.1) is 12.6 Å².